The minimum absolute atomic E-state index is 0.195. The van der Waals surface area contributed by atoms with Gasteiger partial charge in [0.25, 0.3) is 0 Å². The first-order valence-electron chi connectivity index (χ1n) is 6.19. The van der Waals surface area contributed by atoms with Gasteiger partial charge >= 0.3 is 0 Å². The maximum atomic E-state index is 6.04. The highest BCUT2D eigenvalue weighted by atomic mass is 16.5. The molecule has 2 heteroatoms. The number of aryl methyl sites for hydroxylation is 1. The molecule has 94 valence electrons. The molecule has 0 atom stereocenters. The van der Waals surface area contributed by atoms with Crippen LogP contribution in [0.3, 0.4) is 0 Å². The Labute approximate surface area is 108 Å². The number of hydrogen-bond acceptors (Lipinski definition) is 2. The Hall–Kier alpha value is -1.96. The monoisotopic (exact) mass is 241 g/mol. The van der Waals surface area contributed by atoms with Crippen molar-refractivity contribution in [2.45, 2.75) is 26.9 Å². The summed E-state index contributed by atoms with van der Waals surface area (Å²) in [7, 11) is 0. The first-order valence-corrected chi connectivity index (χ1v) is 6.19. The molecule has 0 bridgehead atoms. The third-order valence-corrected chi connectivity index (χ3v) is 2.74. The van der Waals surface area contributed by atoms with Gasteiger partial charge in [-0.2, -0.15) is 0 Å². The highest BCUT2D eigenvalue weighted by molar-refractivity contribution is 5.77. The number of anilines is 1. The standard InChI is InChI=1S/C16H19NO/c1-11(2)18-14-7-5-13(6-8-14)15-9-4-12(3)10-16(15)17/h4-11H,17H2,1-3H3. The van der Waals surface area contributed by atoms with Crippen LogP contribution in [0.25, 0.3) is 11.1 Å². The summed E-state index contributed by atoms with van der Waals surface area (Å²) in [5, 5.41) is 0. The van der Waals surface area contributed by atoms with E-state index in [0.717, 1.165) is 22.6 Å². The lowest BCUT2D eigenvalue weighted by atomic mass is 10.0. The first-order chi connectivity index (χ1) is 8.56. The van der Waals surface area contributed by atoms with E-state index in [1.165, 1.54) is 5.56 Å². The molecule has 0 radical (unpaired) electrons. The number of hydrogen-bond donors (Lipinski definition) is 1. The van der Waals surface area contributed by atoms with Crippen LogP contribution in [0.4, 0.5) is 5.69 Å². The maximum Gasteiger partial charge on any atom is 0.119 e. The minimum Gasteiger partial charge on any atom is -0.491 e. The molecular weight excluding hydrogens is 222 g/mol. The molecule has 2 N–H and O–H groups in total. The van der Waals surface area contributed by atoms with Crippen LogP contribution < -0.4 is 10.5 Å². The van der Waals surface area contributed by atoms with E-state index < -0.39 is 0 Å². The summed E-state index contributed by atoms with van der Waals surface area (Å²) in [6.45, 7) is 6.08. The molecule has 0 saturated heterocycles. The molecule has 2 rings (SSSR count). The molecule has 0 unspecified atom stereocenters. The normalized spacial score (nSPS) is 10.7. The van der Waals surface area contributed by atoms with Crippen molar-refractivity contribution in [3.05, 3.63) is 48.0 Å². The van der Waals surface area contributed by atoms with Gasteiger partial charge < -0.3 is 10.5 Å². The smallest absolute Gasteiger partial charge is 0.119 e. The third-order valence-electron chi connectivity index (χ3n) is 2.74. The SMILES string of the molecule is Cc1ccc(-c2ccc(OC(C)C)cc2)c(N)c1. The lowest BCUT2D eigenvalue weighted by molar-refractivity contribution is 0.242. The van der Waals surface area contributed by atoms with E-state index in [2.05, 4.69) is 12.1 Å². The van der Waals surface area contributed by atoms with Crippen LogP contribution in [0.15, 0.2) is 42.5 Å². The van der Waals surface area contributed by atoms with Crippen molar-refractivity contribution in [1.82, 2.24) is 0 Å². The third kappa shape index (κ3) is 2.83. The molecule has 2 aromatic rings. The molecule has 0 saturated carbocycles. The van der Waals surface area contributed by atoms with Gasteiger partial charge in [-0.1, -0.05) is 24.3 Å². The van der Waals surface area contributed by atoms with E-state index in [4.69, 9.17) is 10.5 Å². The molecule has 0 spiro atoms. The summed E-state index contributed by atoms with van der Waals surface area (Å²) < 4.78 is 5.62. The molecule has 0 aliphatic carbocycles. The fourth-order valence-corrected chi connectivity index (χ4v) is 1.93. The summed E-state index contributed by atoms with van der Waals surface area (Å²) in [6.07, 6.45) is 0.195. The Balaban J connectivity index is 2.28. The molecule has 18 heavy (non-hydrogen) atoms. The van der Waals surface area contributed by atoms with Gasteiger partial charge in [0, 0.05) is 11.3 Å². The molecule has 0 heterocycles. The Morgan fingerprint density at radius 2 is 1.67 bits per heavy atom. The molecule has 2 aromatic carbocycles. The zero-order valence-electron chi connectivity index (χ0n) is 11.1. The zero-order valence-corrected chi connectivity index (χ0v) is 11.1. The van der Waals surface area contributed by atoms with Crippen molar-refractivity contribution >= 4 is 5.69 Å². The van der Waals surface area contributed by atoms with E-state index >= 15 is 0 Å². The second kappa shape index (κ2) is 5.13. The summed E-state index contributed by atoms with van der Waals surface area (Å²) in [5.74, 6) is 0.888. The highest BCUT2D eigenvalue weighted by Crippen LogP contribution is 2.28. The van der Waals surface area contributed by atoms with Gasteiger partial charge in [0.2, 0.25) is 0 Å². The van der Waals surface area contributed by atoms with Gasteiger partial charge in [0.05, 0.1) is 6.10 Å². The second-order valence-corrected chi connectivity index (χ2v) is 4.78. The number of ether oxygens (including phenoxy) is 1. The summed E-state index contributed by atoms with van der Waals surface area (Å²) in [5.41, 5.74) is 10.2. The molecule has 2 nitrogen and oxygen atoms in total. The van der Waals surface area contributed by atoms with E-state index in [1.807, 2.05) is 51.1 Å². The molecule has 0 amide bonds. The van der Waals surface area contributed by atoms with Crippen molar-refractivity contribution in [2.75, 3.05) is 5.73 Å². The van der Waals surface area contributed by atoms with E-state index in [9.17, 15) is 0 Å². The number of benzene rings is 2. The van der Waals surface area contributed by atoms with Crippen LogP contribution in [0.2, 0.25) is 0 Å². The average molecular weight is 241 g/mol. The Kier molecular flexibility index (Phi) is 3.56. The highest BCUT2D eigenvalue weighted by Gasteiger charge is 2.03. The molecule has 0 aromatic heterocycles. The molecule has 0 aliphatic heterocycles. The van der Waals surface area contributed by atoms with Crippen molar-refractivity contribution in [3.63, 3.8) is 0 Å². The fraction of sp³-hybridized carbons (Fsp3) is 0.250. The second-order valence-electron chi connectivity index (χ2n) is 4.78. The predicted molar refractivity (Wildman–Crippen MR) is 76.8 cm³/mol. The van der Waals surface area contributed by atoms with Crippen LogP contribution >= 0.6 is 0 Å². The molecule has 0 fully saturated rings. The van der Waals surface area contributed by atoms with Crippen LogP contribution in [-0.2, 0) is 0 Å². The van der Waals surface area contributed by atoms with Gasteiger partial charge in [-0.15, -0.1) is 0 Å². The van der Waals surface area contributed by atoms with Crippen molar-refractivity contribution in [2.24, 2.45) is 0 Å². The Morgan fingerprint density at radius 1 is 1.00 bits per heavy atom. The van der Waals surface area contributed by atoms with Gasteiger partial charge in [0.15, 0.2) is 0 Å². The minimum atomic E-state index is 0.195. The van der Waals surface area contributed by atoms with E-state index in [-0.39, 0.29) is 6.10 Å². The maximum absolute atomic E-state index is 6.04. The quantitative estimate of drug-likeness (QED) is 0.823. The van der Waals surface area contributed by atoms with Gasteiger partial charge in [-0.25, -0.2) is 0 Å². The van der Waals surface area contributed by atoms with Crippen molar-refractivity contribution < 1.29 is 4.74 Å². The largest absolute Gasteiger partial charge is 0.491 e. The Morgan fingerprint density at radius 3 is 2.22 bits per heavy atom. The summed E-state index contributed by atoms with van der Waals surface area (Å²) in [4.78, 5) is 0. The lowest BCUT2D eigenvalue weighted by Gasteiger charge is -2.11. The number of nitrogens with two attached hydrogens (primary N) is 1. The number of rotatable bonds is 3. The summed E-state index contributed by atoms with van der Waals surface area (Å²) >= 11 is 0. The number of nitrogen functional groups attached to an aromatic ring is 1. The van der Waals surface area contributed by atoms with Crippen LogP contribution in [0.5, 0.6) is 5.75 Å². The van der Waals surface area contributed by atoms with Gasteiger partial charge in [-0.05, 0) is 50.1 Å². The van der Waals surface area contributed by atoms with Gasteiger partial charge in [0.1, 0.15) is 5.75 Å². The topological polar surface area (TPSA) is 35.2 Å². The van der Waals surface area contributed by atoms with Crippen molar-refractivity contribution in [1.29, 1.82) is 0 Å². The van der Waals surface area contributed by atoms with Crippen molar-refractivity contribution in [3.8, 4) is 16.9 Å². The summed E-state index contributed by atoms with van der Waals surface area (Å²) in [6, 6.07) is 14.2. The Bertz CT molecular complexity index is 529. The molecular formula is C16H19NO. The van der Waals surface area contributed by atoms with Crippen LogP contribution in [0, 0.1) is 6.92 Å². The van der Waals surface area contributed by atoms with E-state index in [0.29, 0.717) is 0 Å². The van der Waals surface area contributed by atoms with Gasteiger partial charge in [-0.3, -0.25) is 0 Å². The molecule has 0 aliphatic rings. The first kappa shape index (κ1) is 12.5. The average Bonchev–Trinajstić information content (AvgIpc) is 2.30. The van der Waals surface area contributed by atoms with E-state index in [1.54, 1.807) is 0 Å². The lowest BCUT2D eigenvalue weighted by Crippen LogP contribution is -2.05. The van der Waals surface area contributed by atoms with Crippen LogP contribution in [-0.4, -0.2) is 6.10 Å². The van der Waals surface area contributed by atoms with Crippen LogP contribution in [0.1, 0.15) is 19.4 Å². The zero-order chi connectivity index (χ0) is 13.1. The fourth-order valence-electron chi connectivity index (χ4n) is 1.93. The predicted octanol–water partition coefficient (Wildman–Crippen LogP) is 4.03.